The van der Waals surface area contributed by atoms with Crippen LogP contribution in [0.5, 0.6) is 0 Å². The van der Waals surface area contributed by atoms with Crippen LogP contribution in [0.25, 0.3) is 21.7 Å². The lowest BCUT2D eigenvalue weighted by atomic mass is 10.1. The molecule has 0 spiro atoms. The van der Waals surface area contributed by atoms with E-state index >= 15 is 0 Å². The molecule has 0 aliphatic heterocycles. The molecule has 2 heterocycles. The molecular formula is C13H9ClN2O. The molecule has 0 atom stereocenters. The zero-order valence-corrected chi connectivity index (χ0v) is 9.90. The van der Waals surface area contributed by atoms with Gasteiger partial charge < -0.3 is 4.57 Å². The Bertz CT molecular complexity index is 792. The van der Waals surface area contributed by atoms with Gasteiger partial charge in [-0.15, -0.1) is 0 Å². The molecule has 0 N–H and O–H groups in total. The van der Waals surface area contributed by atoms with Crippen LogP contribution in [0, 0.1) is 0 Å². The van der Waals surface area contributed by atoms with Gasteiger partial charge in [0.2, 0.25) is 0 Å². The quantitative estimate of drug-likeness (QED) is 0.570. The molecule has 84 valence electrons. The van der Waals surface area contributed by atoms with Gasteiger partial charge in [0.25, 0.3) is 5.56 Å². The SMILES string of the molecule is Cn1c(=O)c2cnccc2c2cc(Cl)ccc21. The van der Waals surface area contributed by atoms with Crippen molar-refractivity contribution >= 4 is 33.3 Å². The molecule has 0 amide bonds. The smallest absolute Gasteiger partial charge is 0.260 e. The Labute approximate surface area is 102 Å². The number of aryl methyl sites for hydroxylation is 1. The summed E-state index contributed by atoms with van der Waals surface area (Å²) in [6.45, 7) is 0. The van der Waals surface area contributed by atoms with Crippen LogP contribution in [-0.4, -0.2) is 9.55 Å². The van der Waals surface area contributed by atoms with Gasteiger partial charge in [-0.3, -0.25) is 9.78 Å². The lowest BCUT2D eigenvalue weighted by molar-refractivity contribution is 0.917. The van der Waals surface area contributed by atoms with E-state index in [9.17, 15) is 4.79 Å². The summed E-state index contributed by atoms with van der Waals surface area (Å²) < 4.78 is 1.62. The Morgan fingerprint density at radius 1 is 1.18 bits per heavy atom. The maximum absolute atomic E-state index is 12.1. The van der Waals surface area contributed by atoms with Gasteiger partial charge in [-0.2, -0.15) is 0 Å². The van der Waals surface area contributed by atoms with Crippen LogP contribution in [-0.2, 0) is 7.05 Å². The summed E-state index contributed by atoms with van der Waals surface area (Å²) >= 11 is 6.01. The van der Waals surface area contributed by atoms with E-state index in [4.69, 9.17) is 11.6 Å². The summed E-state index contributed by atoms with van der Waals surface area (Å²) in [6.07, 6.45) is 3.28. The van der Waals surface area contributed by atoms with Crippen LogP contribution in [0.3, 0.4) is 0 Å². The molecule has 0 radical (unpaired) electrons. The third-order valence-electron chi connectivity index (χ3n) is 2.97. The van der Waals surface area contributed by atoms with Gasteiger partial charge in [0.05, 0.1) is 10.9 Å². The number of halogens is 1. The van der Waals surface area contributed by atoms with Crippen LogP contribution in [0.2, 0.25) is 5.02 Å². The summed E-state index contributed by atoms with van der Waals surface area (Å²) in [7, 11) is 1.75. The predicted molar refractivity (Wildman–Crippen MR) is 69.5 cm³/mol. The van der Waals surface area contributed by atoms with E-state index in [1.165, 1.54) is 0 Å². The van der Waals surface area contributed by atoms with E-state index in [1.54, 1.807) is 30.1 Å². The van der Waals surface area contributed by atoms with E-state index in [0.29, 0.717) is 10.4 Å². The fourth-order valence-corrected chi connectivity index (χ4v) is 2.28. The van der Waals surface area contributed by atoms with E-state index in [-0.39, 0.29) is 5.56 Å². The third-order valence-corrected chi connectivity index (χ3v) is 3.20. The second-order valence-electron chi connectivity index (χ2n) is 3.95. The van der Waals surface area contributed by atoms with Crippen molar-refractivity contribution in [2.75, 3.05) is 0 Å². The molecule has 2 aromatic heterocycles. The minimum atomic E-state index is -0.0390. The van der Waals surface area contributed by atoms with Crippen LogP contribution >= 0.6 is 11.6 Å². The van der Waals surface area contributed by atoms with Crippen LogP contribution in [0.4, 0.5) is 0 Å². The number of benzene rings is 1. The van der Waals surface area contributed by atoms with Crippen molar-refractivity contribution in [2.45, 2.75) is 0 Å². The number of aromatic nitrogens is 2. The molecule has 3 aromatic rings. The summed E-state index contributed by atoms with van der Waals surface area (Å²) in [5.74, 6) is 0. The normalized spacial score (nSPS) is 11.2. The fraction of sp³-hybridized carbons (Fsp3) is 0.0769. The summed E-state index contributed by atoms with van der Waals surface area (Å²) in [4.78, 5) is 16.1. The molecule has 0 unspecified atom stereocenters. The van der Waals surface area contributed by atoms with Gasteiger partial charge in [0.15, 0.2) is 0 Å². The first kappa shape index (κ1) is 10.3. The highest BCUT2D eigenvalue weighted by Crippen LogP contribution is 2.24. The summed E-state index contributed by atoms with van der Waals surface area (Å²) in [5.41, 5.74) is 0.834. The monoisotopic (exact) mass is 244 g/mol. The molecule has 17 heavy (non-hydrogen) atoms. The maximum atomic E-state index is 12.1. The van der Waals surface area contributed by atoms with E-state index in [2.05, 4.69) is 4.98 Å². The first-order valence-electron chi connectivity index (χ1n) is 5.20. The number of rotatable bonds is 0. The number of hydrogen-bond acceptors (Lipinski definition) is 2. The molecule has 0 bridgehead atoms. The second kappa shape index (κ2) is 3.57. The predicted octanol–water partition coefficient (Wildman–Crippen LogP) is 2.74. The van der Waals surface area contributed by atoms with Crippen molar-refractivity contribution in [3.8, 4) is 0 Å². The standard InChI is InChI=1S/C13H9ClN2O/c1-16-12-3-2-8(14)6-10(12)9-4-5-15-7-11(9)13(16)17/h2-7H,1H3. The van der Waals surface area contributed by atoms with E-state index in [1.807, 2.05) is 18.2 Å². The van der Waals surface area contributed by atoms with Crippen LogP contribution in [0.1, 0.15) is 0 Å². The Kier molecular flexibility index (Phi) is 2.16. The van der Waals surface area contributed by atoms with Gasteiger partial charge in [0, 0.05) is 29.9 Å². The largest absolute Gasteiger partial charge is 0.311 e. The molecule has 3 nitrogen and oxygen atoms in total. The molecular weight excluding hydrogens is 236 g/mol. The van der Waals surface area contributed by atoms with Gasteiger partial charge in [-0.1, -0.05) is 11.6 Å². The maximum Gasteiger partial charge on any atom is 0.260 e. The highest BCUT2D eigenvalue weighted by molar-refractivity contribution is 6.31. The zero-order chi connectivity index (χ0) is 12.0. The molecule has 1 aromatic carbocycles. The molecule has 4 heteroatoms. The van der Waals surface area contributed by atoms with Crippen molar-refractivity contribution in [1.29, 1.82) is 0 Å². The van der Waals surface area contributed by atoms with Crippen LogP contribution in [0.15, 0.2) is 41.5 Å². The first-order chi connectivity index (χ1) is 8.18. The Hall–Kier alpha value is -1.87. The second-order valence-corrected chi connectivity index (χ2v) is 4.38. The highest BCUT2D eigenvalue weighted by Gasteiger charge is 2.08. The molecule has 3 rings (SSSR count). The molecule has 0 aliphatic carbocycles. The minimum Gasteiger partial charge on any atom is -0.311 e. The average molecular weight is 245 g/mol. The Morgan fingerprint density at radius 3 is 2.82 bits per heavy atom. The molecule has 0 aliphatic rings. The number of nitrogens with zero attached hydrogens (tertiary/aromatic N) is 2. The molecule has 0 saturated carbocycles. The number of fused-ring (bicyclic) bond motifs is 3. The minimum absolute atomic E-state index is 0.0390. The van der Waals surface area contributed by atoms with Crippen LogP contribution < -0.4 is 5.56 Å². The molecule has 0 saturated heterocycles. The van der Waals surface area contributed by atoms with Crippen molar-refractivity contribution < 1.29 is 0 Å². The van der Waals surface area contributed by atoms with Crippen molar-refractivity contribution in [3.05, 3.63) is 52.0 Å². The number of hydrogen-bond donors (Lipinski definition) is 0. The highest BCUT2D eigenvalue weighted by atomic mass is 35.5. The first-order valence-corrected chi connectivity index (χ1v) is 5.58. The lowest BCUT2D eigenvalue weighted by Crippen LogP contribution is -2.17. The van der Waals surface area contributed by atoms with E-state index in [0.717, 1.165) is 16.3 Å². The molecule has 0 fully saturated rings. The number of pyridine rings is 2. The van der Waals surface area contributed by atoms with Gasteiger partial charge in [-0.05, 0) is 29.7 Å². The Morgan fingerprint density at radius 2 is 2.00 bits per heavy atom. The average Bonchev–Trinajstić information content (AvgIpc) is 2.36. The lowest BCUT2D eigenvalue weighted by Gasteiger charge is -2.08. The van der Waals surface area contributed by atoms with Gasteiger partial charge >= 0.3 is 0 Å². The third kappa shape index (κ3) is 1.43. The summed E-state index contributed by atoms with van der Waals surface area (Å²) in [5, 5.41) is 3.14. The van der Waals surface area contributed by atoms with Crippen molar-refractivity contribution in [3.63, 3.8) is 0 Å². The van der Waals surface area contributed by atoms with Gasteiger partial charge in [0.1, 0.15) is 0 Å². The van der Waals surface area contributed by atoms with Crippen molar-refractivity contribution in [2.24, 2.45) is 7.05 Å². The van der Waals surface area contributed by atoms with E-state index < -0.39 is 0 Å². The Balaban J connectivity index is 2.71. The summed E-state index contributed by atoms with van der Waals surface area (Å²) in [6, 6.07) is 7.36. The topological polar surface area (TPSA) is 34.9 Å². The van der Waals surface area contributed by atoms with Crippen molar-refractivity contribution in [1.82, 2.24) is 9.55 Å². The zero-order valence-electron chi connectivity index (χ0n) is 9.14. The fourth-order valence-electron chi connectivity index (χ4n) is 2.11. The van der Waals surface area contributed by atoms with Gasteiger partial charge in [-0.25, -0.2) is 0 Å².